The predicted octanol–water partition coefficient (Wildman–Crippen LogP) is 3.35. The molecule has 5 heteroatoms. The Balaban J connectivity index is 3.10. The maximum absolute atomic E-state index is 11.1. The van der Waals surface area contributed by atoms with Crippen molar-refractivity contribution in [1.82, 2.24) is 0 Å². The molecule has 1 amide bonds. The number of carbonyl (C=O) groups excluding carboxylic acids is 1. The van der Waals surface area contributed by atoms with Gasteiger partial charge in [-0.2, -0.15) is 4.99 Å². The standard InChI is InChI=1S/C8H3BrClNOS/c9-6-3-5(1-2-7(6)10)8(12)11-4-13/h1-3H. The van der Waals surface area contributed by atoms with Gasteiger partial charge in [0.15, 0.2) is 0 Å². The number of aliphatic imine (C=N–C) groups is 1. The molecule has 1 aromatic rings. The van der Waals surface area contributed by atoms with Gasteiger partial charge < -0.3 is 0 Å². The van der Waals surface area contributed by atoms with E-state index in [1.54, 1.807) is 18.2 Å². The molecule has 0 aliphatic rings. The number of amides is 1. The first-order valence-corrected chi connectivity index (χ1v) is 4.80. The van der Waals surface area contributed by atoms with E-state index in [2.05, 4.69) is 33.1 Å². The van der Waals surface area contributed by atoms with E-state index in [1.165, 1.54) is 0 Å². The molecule has 0 atom stereocenters. The average Bonchev–Trinajstić information content (AvgIpc) is 2.10. The zero-order chi connectivity index (χ0) is 9.84. The van der Waals surface area contributed by atoms with Gasteiger partial charge in [0, 0.05) is 10.0 Å². The van der Waals surface area contributed by atoms with Crippen molar-refractivity contribution in [3.05, 3.63) is 33.3 Å². The van der Waals surface area contributed by atoms with Gasteiger partial charge in [0.25, 0.3) is 5.91 Å². The average molecular weight is 277 g/mol. The summed E-state index contributed by atoms with van der Waals surface area (Å²) in [5.74, 6) is -0.424. The van der Waals surface area contributed by atoms with E-state index in [4.69, 9.17) is 11.6 Å². The Kier molecular flexibility index (Phi) is 3.75. The second-order valence-corrected chi connectivity index (χ2v) is 3.58. The zero-order valence-electron chi connectivity index (χ0n) is 6.25. The van der Waals surface area contributed by atoms with Crippen LogP contribution in [0.2, 0.25) is 5.02 Å². The van der Waals surface area contributed by atoms with Crippen LogP contribution in [0.25, 0.3) is 0 Å². The van der Waals surface area contributed by atoms with Crippen LogP contribution in [0.5, 0.6) is 0 Å². The normalized spacial score (nSPS) is 9.08. The van der Waals surface area contributed by atoms with Crippen molar-refractivity contribution < 1.29 is 4.79 Å². The molecule has 0 unspecified atom stereocenters. The first-order chi connectivity index (χ1) is 6.15. The number of hydrogen-bond acceptors (Lipinski definition) is 2. The second kappa shape index (κ2) is 4.63. The van der Waals surface area contributed by atoms with Gasteiger partial charge in [-0.25, -0.2) is 0 Å². The Labute approximate surface area is 93.7 Å². The number of nitrogens with zero attached hydrogens (tertiary/aromatic N) is 1. The smallest absolute Gasteiger partial charge is 0.266 e. The fourth-order valence-electron chi connectivity index (χ4n) is 0.735. The van der Waals surface area contributed by atoms with Crippen molar-refractivity contribution in [2.75, 3.05) is 0 Å². The summed E-state index contributed by atoms with van der Waals surface area (Å²) in [7, 11) is 0. The molecule has 13 heavy (non-hydrogen) atoms. The summed E-state index contributed by atoms with van der Waals surface area (Å²) in [6.07, 6.45) is 0. The summed E-state index contributed by atoms with van der Waals surface area (Å²) < 4.78 is 0.652. The molecule has 0 aliphatic heterocycles. The van der Waals surface area contributed by atoms with E-state index in [0.717, 1.165) is 0 Å². The first kappa shape index (κ1) is 10.5. The van der Waals surface area contributed by atoms with Crippen LogP contribution in [0.3, 0.4) is 0 Å². The van der Waals surface area contributed by atoms with Crippen molar-refractivity contribution in [2.24, 2.45) is 4.99 Å². The van der Waals surface area contributed by atoms with Crippen LogP contribution < -0.4 is 0 Å². The largest absolute Gasteiger partial charge is 0.285 e. The molecule has 0 heterocycles. The molecule has 1 rings (SSSR count). The monoisotopic (exact) mass is 275 g/mol. The second-order valence-electron chi connectivity index (χ2n) is 2.14. The van der Waals surface area contributed by atoms with Crippen molar-refractivity contribution in [1.29, 1.82) is 0 Å². The van der Waals surface area contributed by atoms with Crippen LogP contribution in [-0.2, 0) is 0 Å². The van der Waals surface area contributed by atoms with Crippen LogP contribution in [0.1, 0.15) is 10.4 Å². The lowest BCUT2D eigenvalue weighted by atomic mass is 10.2. The van der Waals surface area contributed by atoms with E-state index in [9.17, 15) is 4.79 Å². The van der Waals surface area contributed by atoms with E-state index >= 15 is 0 Å². The first-order valence-electron chi connectivity index (χ1n) is 3.22. The Morgan fingerprint density at radius 2 is 2.31 bits per heavy atom. The van der Waals surface area contributed by atoms with Crippen molar-refractivity contribution in [2.45, 2.75) is 0 Å². The highest BCUT2D eigenvalue weighted by atomic mass is 79.9. The van der Waals surface area contributed by atoms with E-state index < -0.39 is 5.91 Å². The van der Waals surface area contributed by atoms with E-state index in [0.29, 0.717) is 15.1 Å². The van der Waals surface area contributed by atoms with Gasteiger partial charge in [-0.05, 0) is 46.3 Å². The summed E-state index contributed by atoms with van der Waals surface area (Å²) in [5, 5.41) is 2.55. The maximum Gasteiger partial charge on any atom is 0.285 e. The number of benzene rings is 1. The van der Waals surface area contributed by atoms with E-state index in [-0.39, 0.29) is 0 Å². The summed E-state index contributed by atoms with van der Waals surface area (Å²) in [6.45, 7) is 0. The number of rotatable bonds is 1. The predicted molar refractivity (Wildman–Crippen MR) is 58.5 cm³/mol. The molecule has 0 aliphatic carbocycles. The lowest BCUT2D eigenvalue weighted by Crippen LogP contribution is -1.93. The topological polar surface area (TPSA) is 29.4 Å². The van der Waals surface area contributed by atoms with Gasteiger partial charge in [0.1, 0.15) is 0 Å². The Bertz CT molecular complexity index is 401. The lowest BCUT2D eigenvalue weighted by Gasteiger charge is -1.97. The highest BCUT2D eigenvalue weighted by Gasteiger charge is 2.05. The Hall–Kier alpha value is -0.540. The molecule has 0 saturated heterocycles. The van der Waals surface area contributed by atoms with E-state index in [1.807, 2.05) is 5.16 Å². The molecular weight excluding hydrogens is 274 g/mol. The Morgan fingerprint density at radius 3 is 2.85 bits per heavy atom. The molecule has 0 fully saturated rings. The summed E-state index contributed by atoms with van der Waals surface area (Å²) in [6, 6.07) is 4.77. The minimum absolute atomic E-state index is 0.424. The number of carbonyl (C=O) groups is 1. The fraction of sp³-hybridized carbons (Fsp3) is 0. The summed E-state index contributed by atoms with van der Waals surface area (Å²) in [4.78, 5) is 14.5. The number of halogens is 2. The molecule has 2 nitrogen and oxygen atoms in total. The van der Waals surface area contributed by atoms with Gasteiger partial charge >= 0.3 is 0 Å². The number of thiocarbonyl (C=S) groups is 1. The number of isothiocyanates is 1. The van der Waals surface area contributed by atoms with Gasteiger partial charge in [-0.3, -0.25) is 4.79 Å². The lowest BCUT2D eigenvalue weighted by molar-refractivity contribution is 0.100. The molecule has 66 valence electrons. The SMILES string of the molecule is O=C(N=C=S)c1ccc(Cl)c(Br)c1. The molecule has 0 saturated carbocycles. The maximum atomic E-state index is 11.1. The van der Waals surface area contributed by atoms with Crippen LogP contribution >= 0.6 is 39.7 Å². The third-order valence-electron chi connectivity index (χ3n) is 1.31. The number of hydrogen-bond donors (Lipinski definition) is 0. The van der Waals surface area contributed by atoms with Crippen molar-refractivity contribution in [3.8, 4) is 0 Å². The van der Waals surface area contributed by atoms with Gasteiger partial charge in [0.05, 0.1) is 10.2 Å². The van der Waals surface area contributed by atoms with Crippen LogP contribution in [0, 0.1) is 0 Å². The quantitative estimate of drug-likeness (QED) is 0.581. The summed E-state index contributed by atoms with van der Waals surface area (Å²) >= 11 is 13.2. The molecule has 0 N–H and O–H groups in total. The van der Waals surface area contributed by atoms with Crippen molar-refractivity contribution >= 4 is 50.8 Å². The van der Waals surface area contributed by atoms with Gasteiger partial charge in [-0.15, -0.1) is 0 Å². The van der Waals surface area contributed by atoms with Crippen molar-refractivity contribution in [3.63, 3.8) is 0 Å². The van der Waals surface area contributed by atoms with Gasteiger partial charge in [0.2, 0.25) is 0 Å². The molecule has 1 aromatic carbocycles. The Morgan fingerprint density at radius 1 is 1.62 bits per heavy atom. The molecule has 0 bridgehead atoms. The minimum atomic E-state index is -0.424. The zero-order valence-corrected chi connectivity index (χ0v) is 9.41. The molecular formula is C8H3BrClNOS. The molecule has 0 radical (unpaired) electrons. The molecule has 0 spiro atoms. The summed E-state index contributed by atoms with van der Waals surface area (Å²) in [5.41, 5.74) is 0.425. The highest BCUT2D eigenvalue weighted by molar-refractivity contribution is 9.10. The third kappa shape index (κ3) is 2.71. The molecule has 0 aromatic heterocycles. The fourth-order valence-corrected chi connectivity index (χ4v) is 1.31. The van der Waals surface area contributed by atoms with Crippen LogP contribution in [0.15, 0.2) is 27.7 Å². The van der Waals surface area contributed by atoms with Gasteiger partial charge in [-0.1, -0.05) is 11.6 Å². The minimum Gasteiger partial charge on any atom is -0.266 e. The van der Waals surface area contributed by atoms with Crippen LogP contribution in [0.4, 0.5) is 0 Å². The van der Waals surface area contributed by atoms with Crippen LogP contribution in [-0.4, -0.2) is 11.1 Å². The highest BCUT2D eigenvalue weighted by Crippen LogP contribution is 2.23. The third-order valence-corrected chi connectivity index (χ3v) is 2.62.